The van der Waals surface area contributed by atoms with Crippen LogP contribution in [0.4, 0.5) is 5.69 Å². The van der Waals surface area contributed by atoms with E-state index in [-0.39, 0.29) is 11.8 Å². The number of anilines is 1. The molecule has 228 valence electrons. The maximum atomic E-state index is 13.3. The van der Waals surface area contributed by atoms with Crippen molar-refractivity contribution in [3.8, 4) is 22.6 Å². The quantitative estimate of drug-likeness (QED) is 0.322. The van der Waals surface area contributed by atoms with Crippen LogP contribution in [-0.2, 0) is 37.9 Å². The maximum Gasteiger partial charge on any atom is 0.291 e. The van der Waals surface area contributed by atoms with Gasteiger partial charge in [-0.15, -0.1) is 0 Å². The van der Waals surface area contributed by atoms with Crippen molar-refractivity contribution in [3.63, 3.8) is 0 Å². The molecule has 44 heavy (non-hydrogen) atoms. The highest BCUT2D eigenvalue weighted by Crippen LogP contribution is 2.39. The number of carbonyl (C=O) groups excluding carboxylic acids is 2. The third kappa shape index (κ3) is 5.21. The number of oxazole rings is 1. The lowest BCUT2D eigenvalue weighted by molar-refractivity contribution is -0.133. The van der Waals surface area contributed by atoms with Crippen LogP contribution in [-0.4, -0.2) is 62.3 Å². The molecular formula is C33H36ClN7O3. The Morgan fingerprint density at radius 3 is 2.66 bits per heavy atom. The summed E-state index contributed by atoms with van der Waals surface area (Å²) in [5.74, 6) is 2.09. The van der Waals surface area contributed by atoms with Gasteiger partial charge in [0.1, 0.15) is 11.5 Å². The van der Waals surface area contributed by atoms with Gasteiger partial charge in [-0.1, -0.05) is 42.8 Å². The zero-order valence-electron chi connectivity index (χ0n) is 25.2. The summed E-state index contributed by atoms with van der Waals surface area (Å²) in [6.45, 7) is 9.07. The summed E-state index contributed by atoms with van der Waals surface area (Å²) in [5.41, 5.74) is 6.83. The lowest BCUT2D eigenvalue weighted by atomic mass is 9.96. The van der Waals surface area contributed by atoms with Gasteiger partial charge in [-0.3, -0.25) is 14.5 Å². The van der Waals surface area contributed by atoms with Crippen LogP contribution in [0.5, 0.6) is 0 Å². The monoisotopic (exact) mass is 613 g/mol. The molecule has 2 amide bonds. The second-order valence-corrected chi connectivity index (χ2v) is 12.6. The molecule has 0 bridgehead atoms. The number of fused-ring (bicyclic) bond motifs is 2. The van der Waals surface area contributed by atoms with Gasteiger partial charge in [0.15, 0.2) is 5.82 Å². The van der Waals surface area contributed by atoms with Crippen LogP contribution in [0, 0.1) is 12.8 Å². The van der Waals surface area contributed by atoms with Crippen molar-refractivity contribution in [2.45, 2.75) is 46.3 Å². The predicted molar refractivity (Wildman–Crippen MR) is 168 cm³/mol. The molecule has 2 aromatic carbocycles. The first kappa shape index (κ1) is 28.8. The van der Waals surface area contributed by atoms with Gasteiger partial charge in [0.05, 0.1) is 36.0 Å². The maximum absolute atomic E-state index is 13.3. The minimum atomic E-state index is -0.303. The number of nitrogens with zero attached hydrogens (tertiary/aromatic N) is 5. The lowest BCUT2D eigenvalue weighted by Crippen LogP contribution is -2.36. The molecule has 0 saturated carbocycles. The van der Waals surface area contributed by atoms with E-state index in [1.807, 2.05) is 53.8 Å². The van der Waals surface area contributed by atoms with Gasteiger partial charge in [-0.05, 0) is 49.1 Å². The van der Waals surface area contributed by atoms with Crippen molar-refractivity contribution in [2.24, 2.45) is 13.0 Å². The van der Waals surface area contributed by atoms with Crippen LogP contribution in [0.1, 0.15) is 52.4 Å². The van der Waals surface area contributed by atoms with Crippen molar-refractivity contribution >= 4 is 29.1 Å². The van der Waals surface area contributed by atoms with E-state index in [4.69, 9.17) is 21.0 Å². The Bertz CT molecular complexity index is 1750. The highest BCUT2D eigenvalue weighted by atomic mass is 35.5. The normalized spacial score (nSPS) is 18.0. The third-order valence-electron chi connectivity index (χ3n) is 9.10. The van der Waals surface area contributed by atoms with Crippen LogP contribution in [0.15, 0.2) is 40.8 Å². The van der Waals surface area contributed by atoms with Gasteiger partial charge >= 0.3 is 0 Å². The van der Waals surface area contributed by atoms with Crippen molar-refractivity contribution in [3.05, 3.63) is 75.7 Å². The lowest BCUT2D eigenvalue weighted by Gasteiger charge is -2.20. The number of imidazole rings is 1. The molecule has 5 heterocycles. The Kier molecular flexibility index (Phi) is 7.52. The van der Waals surface area contributed by atoms with E-state index in [1.54, 1.807) is 6.07 Å². The van der Waals surface area contributed by atoms with Crippen molar-refractivity contribution in [1.82, 2.24) is 29.7 Å². The highest BCUT2D eigenvalue weighted by molar-refractivity contribution is 6.36. The minimum absolute atomic E-state index is 0.119. The number of hydrogen-bond acceptors (Lipinski definition) is 7. The molecule has 2 aromatic heterocycles. The smallest absolute Gasteiger partial charge is 0.291 e. The summed E-state index contributed by atoms with van der Waals surface area (Å²) in [7, 11) is 1.88. The first-order valence-electron chi connectivity index (χ1n) is 15.2. The molecule has 0 radical (unpaired) electrons. The molecule has 2 N–H and O–H groups in total. The summed E-state index contributed by atoms with van der Waals surface area (Å²) in [6.07, 6.45) is 1.98. The zero-order chi connectivity index (χ0) is 30.5. The molecular weight excluding hydrogens is 578 g/mol. The molecule has 7 rings (SSSR count). The van der Waals surface area contributed by atoms with Crippen LogP contribution >= 0.6 is 11.6 Å². The van der Waals surface area contributed by atoms with Crippen molar-refractivity contribution in [1.29, 1.82) is 0 Å². The van der Waals surface area contributed by atoms with E-state index in [1.165, 1.54) is 0 Å². The number of amides is 2. The van der Waals surface area contributed by atoms with Gasteiger partial charge in [0.25, 0.3) is 5.91 Å². The third-order valence-corrected chi connectivity index (χ3v) is 9.51. The number of aromatic nitrogens is 3. The van der Waals surface area contributed by atoms with Gasteiger partial charge in [-0.25, -0.2) is 9.97 Å². The van der Waals surface area contributed by atoms with Gasteiger partial charge in [0.2, 0.25) is 11.8 Å². The number of benzene rings is 2. The number of likely N-dealkylation sites (tertiary alicyclic amines) is 1. The number of halogens is 1. The van der Waals surface area contributed by atoms with Gasteiger partial charge < -0.3 is 24.5 Å². The van der Waals surface area contributed by atoms with Crippen LogP contribution < -0.4 is 10.6 Å². The van der Waals surface area contributed by atoms with Gasteiger partial charge in [-0.2, -0.15) is 0 Å². The summed E-state index contributed by atoms with van der Waals surface area (Å²) in [6, 6.07) is 11.5. The van der Waals surface area contributed by atoms with Gasteiger partial charge in [0, 0.05) is 49.9 Å². The second-order valence-electron chi connectivity index (χ2n) is 12.2. The molecule has 1 fully saturated rings. The molecule has 4 aromatic rings. The summed E-state index contributed by atoms with van der Waals surface area (Å²) < 4.78 is 8.10. The van der Waals surface area contributed by atoms with Crippen LogP contribution in [0.25, 0.3) is 22.6 Å². The number of hydrogen-bond donors (Lipinski definition) is 2. The summed E-state index contributed by atoms with van der Waals surface area (Å²) in [4.78, 5) is 39.6. The van der Waals surface area contributed by atoms with Crippen molar-refractivity contribution in [2.75, 3.05) is 31.5 Å². The Balaban J connectivity index is 1.09. The second kappa shape index (κ2) is 11.5. The topological polar surface area (TPSA) is 109 Å². The van der Waals surface area contributed by atoms with Crippen LogP contribution in [0.2, 0.25) is 5.02 Å². The SMILES string of the molecule is Cc1c(-c2nc3c(o2)CN(C(=O)CN2CC[C@@H](C)C2)C3)cccc1-c1cccc(NC(=O)c2nc3c(n2C)CCNC3)c1Cl. The molecule has 0 unspecified atom stereocenters. The molecule has 1 atom stereocenters. The van der Waals surface area contributed by atoms with E-state index in [2.05, 4.69) is 27.4 Å². The van der Waals surface area contributed by atoms with Crippen LogP contribution in [0.3, 0.4) is 0 Å². The Morgan fingerprint density at radius 1 is 1.09 bits per heavy atom. The fourth-order valence-electron chi connectivity index (χ4n) is 6.63. The average Bonchev–Trinajstić information content (AvgIpc) is 3.78. The van der Waals surface area contributed by atoms with E-state index >= 15 is 0 Å². The molecule has 0 aliphatic carbocycles. The van der Waals surface area contributed by atoms with E-state index in [9.17, 15) is 9.59 Å². The average molecular weight is 614 g/mol. The molecule has 3 aliphatic heterocycles. The predicted octanol–water partition coefficient (Wildman–Crippen LogP) is 4.79. The molecule has 1 saturated heterocycles. The molecule has 10 nitrogen and oxygen atoms in total. The Hall–Kier alpha value is -3.99. The number of rotatable bonds is 6. The fourth-order valence-corrected chi connectivity index (χ4v) is 6.90. The Morgan fingerprint density at radius 2 is 1.89 bits per heavy atom. The first-order valence-corrected chi connectivity index (χ1v) is 15.6. The van der Waals surface area contributed by atoms with E-state index in [0.717, 1.165) is 77.6 Å². The summed E-state index contributed by atoms with van der Waals surface area (Å²) >= 11 is 6.93. The largest absolute Gasteiger partial charge is 0.439 e. The highest BCUT2D eigenvalue weighted by Gasteiger charge is 2.31. The fraction of sp³-hybridized carbons (Fsp3) is 0.394. The van der Waals surface area contributed by atoms with E-state index < -0.39 is 0 Å². The standard InChI is InChI=1S/C33H36ClN7O3/c1-19-11-13-40(15-19)18-29(42)41-16-26-28(17-41)44-33(38-26)22-7-4-6-21(20(22)2)23-8-5-9-24(30(23)34)37-32(43)31-36-25-14-35-12-10-27(25)39(31)3/h4-9,19,35H,10-18H2,1-3H3,(H,37,43)/t19-/m1/s1. The van der Waals surface area contributed by atoms with E-state index in [0.29, 0.717) is 54.5 Å². The molecule has 0 spiro atoms. The Labute approximate surface area is 261 Å². The van der Waals surface area contributed by atoms with Crippen molar-refractivity contribution < 1.29 is 14.0 Å². The minimum Gasteiger partial charge on any atom is -0.439 e. The summed E-state index contributed by atoms with van der Waals surface area (Å²) in [5, 5.41) is 6.72. The number of nitrogens with one attached hydrogen (secondary N) is 2. The zero-order valence-corrected chi connectivity index (χ0v) is 26.0. The number of carbonyl (C=O) groups is 2. The molecule has 11 heteroatoms. The molecule has 3 aliphatic rings. The first-order chi connectivity index (χ1) is 21.3.